The number of benzene rings is 2. The molecular formula is C27H26F3N3O3. The number of hydrogen-bond donors (Lipinski definition) is 1. The topological polar surface area (TPSA) is 83.3 Å². The van der Waals surface area contributed by atoms with E-state index in [1.165, 1.54) is 24.3 Å². The number of nitrogen functional groups attached to an aromatic ring is 1. The van der Waals surface area contributed by atoms with Crippen molar-refractivity contribution in [3.63, 3.8) is 0 Å². The van der Waals surface area contributed by atoms with Crippen molar-refractivity contribution < 1.29 is 27.1 Å². The fourth-order valence-corrected chi connectivity index (χ4v) is 4.62. The van der Waals surface area contributed by atoms with Gasteiger partial charge in [0.25, 0.3) is 0 Å². The zero-order valence-electron chi connectivity index (χ0n) is 20.0. The van der Waals surface area contributed by atoms with Crippen LogP contribution >= 0.6 is 0 Å². The number of nitrogens with two attached hydrogens (primary N) is 1. The molecule has 2 N–H and O–H groups in total. The number of fused-ring (bicyclic) bond motifs is 1. The Morgan fingerprint density at radius 1 is 1.19 bits per heavy atom. The molecule has 0 unspecified atom stereocenters. The molecule has 9 heteroatoms. The van der Waals surface area contributed by atoms with E-state index in [9.17, 15) is 18.0 Å². The molecule has 0 radical (unpaired) electrons. The number of aromatic nitrogens is 2. The molecular weight excluding hydrogens is 471 g/mol. The average molecular weight is 498 g/mol. The lowest BCUT2D eigenvalue weighted by Crippen LogP contribution is -2.16. The van der Waals surface area contributed by atoms with Crippen LogP contribution in [0.4, 0.5) is 18.9 Å². The third kappa shape index (κ3) is 4.23. The van der Waals surface area contributed by atoms with Crippen molar-refractivity contribution in [1.82, 2.24) is 9.55 Å². The molecule has 1 saturated carbocycles. The summed E-state index contributed by atoms with van der Waals surface area (Å²) in [4.78, 5) is 17.6. The van der Waals surface area contributed by atoms with Gasteiger partial charge in [-0.1, -0.05) is 25.1 Å². The van der Waals surface area contributed by atoms with E-state index in [4.69, 9.17) is 19.9 Å². The van der Waals surface area contributed by atoms with Crippen LogP contribution in [0.1, 0.15) is 65.7 Å². The van der Waals surface area contributed by atoms with Crippen molar-refractivity contribution in [2.45, 2.75) is 51.7 Å². The first-order valence-corrected chi connectivity index (χ1v) is 12.0. The summed E-state index contributed by atoms with van der Waals surface area (Å²) in [7, 11) is 0. The van der Waals surface area contributed by atoms with E-state index < -0.39 is 17.7 Å². The van der Waals surface area contributed by atoms with Crippen molar-refractivity contribution in [1.29, 1.82) is 0 Å². The summed E-state index contributed by atoms with van der Waals surface area (Å²) in [5.74, 6) is 0.130. The Hall–Kier alpha value is -3.75. The minimum atomic E-state index is -4.67. The van der Waals surface area contributed by atoms with Gasteiger partial charge in [-0.3, -0.25) is 0 Å². The highest BCUT2D eigenvalue weighted by Crippen LogP contribution is 2.46. The molecule has 2 aromatic carbocycles. The van der Waals surface area contributed by atoms with E-state index in [1.807, 2.05) is 6.92 Å². The summed E-state index contributed by atoms with van der Waals surface area (Å²) in [6.45, 7) is 4.07. The number of ether oxygens (including phenoxy) is 1. The van der Waals surface area contributed by atoms with Crippen molar-refractivity contribution in [3.8, 4) is 11.3 Å². The molecule has 1 fully saturated rings. The molecule has 2 heterocycles. The summed E-state index contributed by atoms with van der Waals surface area (Å²) < 4.78 is 55.6. The number of nitrogens with zero attached hydrogens (tertiary/aromatic N) is 2. The van der Waals surface area contributed by atoms with Gasteiger partial charge in [0.1, 0.15) is 22.7 Å². The molecule has 1 aliphatic carbocycles. The van der Waals surface area contributed by atoms with Crippen LogP contribution in [-0.2, 0) is 23.9 Å². The smallest absolute Gasteiger partial charge is 0.420 e. The minimum Gasteiger partial charge on any atom is -0.461 e. The molecule has 0 saturated heterocycles. The third-order valence-electron chi connectivity index (χ3n) is 6.40. The van der Waals surface area contributed by atoms with Gasteiger partial charge in [-0.05, 0) is 49.6 Å². The fourth-order valence-electron chi connectivity index (χ4n) is 4.62. The maximum absolute atomic E-state index is 14.3. The van der Waals surface area contributed by atoms with Crippen LogP contribution in [0.5, 0.6) is 0 Å². The zero-order valence-corrected chi connectivity index (χ0v) is 20.0. The van der Waals surface area contributed by atoms with E-state index >= 15 is 0 Å². The van der Waals surface area contributed by atoms with Gasteiger partial charge in [-0.15, -0.1) is 0 Å². The lowest BCUT2D eigenvalue weighted by atomic mass is 10.0. The van der Waals surface area contributed by atoms with E-state index in [-0.39, 0.29) is 47.0 Å². The summed E-state index contributed by atoms with van der Waals surface area (Å²) in [6.07, 6.45) is -2.19. The highest BCUT2D eigenvalue weighted by Gasteiger charge is 2.40. The molecule has 2 aromatic heterocycles. The second-order valence-electron chi connectivity index (χ2n) is 8.92. The predicted octanol–water partition coefficient (Wildman–Crippen LogP) is 6.56. The van der Waals surface area contributed by atoms with Crippen LogP contribution in [0.2, 0.25) is 0 Å². The maximum atomic E-state index is 14.3. The van der Waals surface area contributed by atoms with E-state index in [2.05, 4.69) is 0 Å². The van der Waals surface area contributed by atoms with Gasteiger partial charge in [0.15, 0.2) is 5.69 Å². The van der Waals surface area contributed by atoms with Crippen LogP contribution < -0.4 is 5.73 Å². The largest absolute Gasteiger partial charge is 0.461 e. The Morgan fingerprint density at radius 3 is 2.58 bits per heavy atom. The first-order chi connectivity index (χ1) is 17.2. The van der Waals surface area contributed by atoms with Crippen molar-refractivity contribution >= 4 is 22.6 Å². The molecule has 5 rings (SSSR count). The molecule has 4 aromatic rings. The second-order valence-corrected chi connectivity index (χ2v) is 8.92. The number of imidazole rings is 1. The Balaban J connectivity index is 1.64. The lowest BCUT2D eigenvalue weighted by Gasteiger charge is -2.12. The fraction of sp³-hybridized carbons (Fsp3) is 0.333. The number of alkyl halides is 3. The molecule has 0 atom stereocenters. The Labute approximate surface area is 205 Å². The predicted molar refractivity (Wildman–Crippen MR) is 130 cm³/mol. The monoisotopic (exact) mass is 497 g/mol. The summed E-state index contributed by atoms with van der Waals surface area (Å²) in [5, 5.41) is -0.0588. The second kappa shape index (κ2) is 9.04. The molecule has 0 amide bonds. The molecule has 0 aliphatic heterocycles. The Morgan fingerprint density at radius 2 is 1.94 bits per heavy atom. The molecule has 36 heavy (non-hydrogen) atoms. The number of anilines is 1. The van der Waals surface area contributed by atoms with Gasteiger partial charge >= 0.3 is 12.1 Å². The van der Waals surface area contributed by atoms with Gasteiger partial charge in [0.2, 0.25) is 0 Å². The number of para-hydroxylation sites is 1. The van der Waals surface area contributed by atoms with Gasteiger partial charge in [-0.2, -0.15) is 13.2 Å². The van der Waals surface area contributed by atoms with Crippen LogP contribution in [-0.4, -0.2) is 22.1 Å². The van der Waals surface area contributed by atoms with Gasteiger partial charge in [-0.25, -0.2) is 9.78 Å². The van der Waals surface area contributed by atoms with E-state index in [0.29, 0.717) is 29.2 Å². The summed E-state index contributed by atoms with van der Waals surface area (Å²) >= 11 is 0. The number of rotatable bonds is 7. The highest BCUT2D eigenvalue weighted by atomic mass is 19.4. The van der Waals surface area contributed by atoms with Crippen molar-refractivity contribution in [2.75, 3.05) is 12.3 Å². The number of carbonyl (C=O) groups excluding carboxylic acids is 1. The quantitative estimate of drug-likeness (QED) is 0.231. The van der Waals surface area contributed by atoms with Crippen LogP contribution in [0, 0.1) is 0 Å². The van der Waals surface area contributed by atoms with E-state index in [0.717, 1.165) is 12.8 Å². The molecule has 0 spiro atoms. The SMILES string of the molecule is CCOC(=O)c1c(C2CC2)nc(CC)n1Cc1ccc2oc(-c3ccccc3N)c(C(F)(F)F)c2c1. The summed E-state index contributed by atoms with van der Waals surface area (Å²) in [5.41, 5.74) is 7.27. The van der Waals surface area contributed by atoms with Crippen LogP contribution in [0.25, 0.3) is 22.3 Å². The number of halogens is 3. The number of carbonyl (C=O) groups is 1. The zero-order chi connectivity index (χ0) is 25.6. The van der Waals surface area contributed by atoms with E-state index in [1.54, 1.807) is 29.7 Å². The van der Waals surface area contributed by atoms with Crippen molar-refractivity contribution in [3.05, 3.63) is 70.8 Å². The van der Waals surface area contributed by atoms with Crippen LogP contribution in [0.3, 0.4) is 0 Å². The van der Waals surface area contributed by atoms with Crippen LogP contribution in [0.15, 0.2) is 46.9 Å². The molecule has 1 aliphatic rings. The average Bonchev–Trinajstić information content (AvgIpc) is 3.50. The minimum absolute atomic E-state index is 0.0588. The van der Waals surface area contributed by atoms with Gasteiger partial charge in [0, 0.05) is 35.5 Å². The molecule has 0 bridgehead atoms. The van der Waals surface area contributed by atoms with Gasteiger partial charge in [0.05, 0.1) is 12.3 Å². The standard InChI is InChI=1S/C27H26F3N3O3/c1-3-21-32-23(16-10-11-16)24(26(34)35-4-2)33(21)14-15-9-12-20-18(13-15)22(27(28,29)30)25(36-20)17-7-5-6-8-19(17)31/h5-9,12-13,16H,3-4,10-11,14,31H2,1-2H3. The molecule has 188 valence electrons. The highest BCUT2D eigenvalue weighted by molar-refractivity contribution is 5.92. The Bertz CT molecular complexity index is 1450. The number of hydrogen-bond acceptors (Lipinski definition) is 5. The number of aryl methyl sites for hydroxylation is 1. The first-order valence-electron chi connectivity index (χ1n) is 12.0. The number of esters is 1. The normalized spacial score (nSPS) is 13.9. The first kappa shape index (κ1) is 24.0. The third-order valence-corrected chi connectivity index (χ3v) is 6.40. The lowest BCUT2D eigenvalue weighted by molar-refractivity contribution is -0.136. The number of furan rings is 1. The Kier molecular flexibility index (Phi) is 6.02. The molecule has 6 nitrogen and oxygen atoms in total. The van der Waals surface area contributed by atoms with Gasteiger partial charge < -0.3 is 19.5 Å². The van der Waals surface area contributed by atoms with Crippen molar-refractivity contribution in [2.24, 2.45) is 0 Å². The maximum Gasteiger partial charge on any atom is 0.420 e. The summed E-state index contributed by atoms with van der Waals surface area (Å²) in [6, 6.07) is 11.0.